The Kier molecular flexibility index (Phi) is 6.86. The summed E-state index contributed by atoms with van der Waals surface area (Å²) in [4.78, 5) is 15.1. The van der Waals surface area contributed by atoms with E-state index in [1.54, 1.807) is 24.0 Å². The average molecular weight is 439 g/mol. The Balaban J connectivity index is 1.59. The Hall–Kier alpha value is -2.04. The Morgan fingerprint density at radius 2 is 2.07 bits per heavy atom. The van der Waals surface area contributed by atoms with Gasteiger partial charge < -0.3 is 9.64 Å². The quantitative estimate of drug-likeness (QED) is 0.711. The monoisotopic (exact) mass is 438 g/mol. The highest BCUT2D eigenvalue weighted by Gasteiger charge is 2.27. The molecule has 0 aliphatic carbocycles. The minimum Gasteiger partial charge on any atom is -0.495 e. The Labute approximate surface area is 175 Å². The summed E-state index contributed by atoms with van der Waals surface area (Å²) in [6, 6.07) is 5.21. The van der Waals surface area contributed by atoms with Crippen LogP contribution in [-0.4, -0.2) is 55.6 Å². The van der Waals surface area contributed by atoms with E-state index in [1.165, 1.54) is 7.11 Å². The third-order valence-electron chi connectivity index (χ3n) is 5.24. The van der Waals surface area contributed by atoms with Gasteiger partial charge in [-0.1, -0.05) is 17.5 Å². The second kappa shape index (κ2) is 9.19. The van der Waals surface area contributed by atoms with Crippen LogP contribution in [0.3, 0.4) is 0 Å². The number of amides is 1. The van der Waals surface area contributed by atoms with Crippen molar-refractivity contribution in [2.45, 2.75) is 38.0 Å². The second-order valence-electron chi connectivity index (χ2n) is 7.11. The van der Waals surface area contributed by atoms with E-state index in [2.05, 4.69) is 14.3 Å². The first-order valence-electron chi connectivity index (χ1n) is 9.60. The zero-order valence-electron chi connectivity index (χ0n) is 16.8. The van der Waals surface area contributed by atoms with E-state index in [0.717, 1.165) is 36.4 Å². The molecule has 2 heterocycles. The van der Waals surface area contributed by atoms with Gasteiger partial charge in [0.25, 0.3) is 5.91 Å². The molecule has 0 radical (unpaired) electrons. The molecule has 0 unspecified atom stereocenters. The van der Waals surface area contributed by atoms with Gasteiger partial charge in [-0.05, 0) is 61.3 Å². The van der Waals surface area contributed by atoms with Crippen LogP contribution in [-0.2, 0) is 16.4 Å². The van der Waals surface area contributed by atoms with Gasteiger partial charge in [-0.3, -0.25) is 4.79 Å². The summed E-state index contributed by atoms with van der Waals surface area (Å²) in [5.41, 5.74) is 1.59. The fraction of sp³-hybridized carbons (Fsp3) is 0.526. The van der Waals surface area contributed by atoms with Crippen molar-refractivity contribution >= 4 is 27.5 Å². The molecule has 3 rings (SSSR count). The summed E-state index contributed by atoms with van der Waals surface area (Å²) in [6.45, 7) is 5.28. The number of hydrogen-bond donors (Lipinski definition) is 1. The minimum atomic E-state index is -3.68. The van der Waals surface area contributed by atoms with Gasteiger partial charge in [0.15, 0.2) is 0 Å². The second-order valence-corrected chi connectivity index (χ2v) is 9.60. The van der Waals surface area contributed by atoms with Crippen LogP contribution in [0.1, 0.15) is 40.7 Å². The number of aromatic nitrogens is 2. The molecule has 2 aromatic rings. The van der Waals surface area contributed by atoms with Crippen LogP contribution in [0.15, 0.2) is 23.1 Å². The van der Waals surface area contributed by atoms with Gasteiger partial charge in [-0.15, -0.1) is 5.10 Å². The standard InChI is InChI=1S/C19H26N4O4S2/c1-4-14-5-6-16(27-3)17(11-14)29(25,26)20-12-15-7-9-23(10-8-15)19(24)18-13(2)21-22-28-18/h5-6,11,15,20H,4,7-10,12H2,1-3H3. The molecule has 1 saturated heterocycles. The zero-order valence-corrected chi connectivity index (χ0v) is 18.5. The smallest absolute Gasteiger partial charge is 0.267 e. The molecule has 158 valence electrons. The maximum absolute atomic E-state index is 12.8. The molecule has 29 heavy (non-hydrogen) atoms. The molecule has 1 aromatic carbocycles. The number of rotatable bonds is 7. The number of sulfonamides is 1. The number of benzene rings is 1. The highest BCUT2D eigenvalue weighted by molar-refractivity contribution is 7.89. The lowest BCUT2D eigenvalue weighted by Gasteiger charge is -2.31. The van der Waals surface area contributed by atoms with Gasteiger partial charge in [-0.2, -0.15) is 0 Å². The highest BCUT2D eigenvalue weighted by Crippen LogP contribution is 2.26. The van der Waals surface area contributed by atoms with Crippen LogP contribution in [0.2, 0.25) is 0 Å². The van der Waals surface area contributed by atoms with E-state index in [1.807, 2.05) is 13.0 Å². The number of methoxy groups -OCH3 is 1. The van der Waals surface area contributed by atoms with Crippen LogP contribution < -0.4 is 9.46 Å². The average Bonchev–Trinajstić information content (AvgIpc) is 3.17. The van der Waals surface area contributed by atoms with E-state index in [4.69, 9.17) is 4.74 Å². The van der Waals surface area contributed by atoms with Gasteiger partial charge in [-0.25, -0.2) is 13.1 Å². The van der Waals surface area contributed by atoms with Crippen molar-refractivity contribution in [2.24, 2.45) is 5.92 Å². The number of ether oxygens (including phenoxy) is 1. The fourth-order valence-corrected chi connectivity index (χ4v) is 5.33. The van der Waals surface area contributed by atoms with Crippen molar-refractivity contribution in [3.8, 4) is 5.75 Å². The largest absolute Gasteiger partial charge is 0.495 e. The Morgan fingerprint density at radius 3 is 2.66 bits per heavy atom. The summed E-state index contributed by atoms with van der Waals surface area (Å²) in [5, 5.41) is 3.89. The Morgan fingerprint density at radius 1 is 1.34 bits per heavy atom. The molecule has 0 saturated carbocycles. The first-order valence-corrected chi connectivity index (χ1v) is 11.9. The van der Waals surface area contributed by atoms with E-state index < -0.39 is 10.0 Å². The fourth-order valence-electron chi connectivity index (χ4n) is 3.37. The molecule has 0 bridgehead atoms. The number of likely N-dealkylation sites (tertiary alicyclic amines) is 1. The first-order chi connectivity index (χ1) is 13.9. The molecule has 1 aliphatic rings. The Bertz CT molecular complexity index is 966. The summed E-state index contributed by atoms with van der Waals surface area (Å²) in [5.74, 6) is 0.469. The zero-order chi connectivity index (χ0) is 21.0. The number of carbonyl (C=O) groups excluding carboxylic acids is 1. The molecule has 0 atom stereocenters. The van der Waals surface area contributed by atoms with E-state index in [-0.39, 0.29) is 16.7 Å². The molecule has 10 heteroatoms. The summed E-state index contributed by atoms with van der Waals surface area (Å²) >= 11 is 1.11. The van der Waals surface area contributed by atoms with Crippen LogP contribution in [0.5, 0.6) is 5.75 Å². The topological polar surface area (TPSA) is 101 Å². The summed E-state index contributed by atoms with van der Waals surface area (Å²) < 4.78 is 37.4. The van der Waals surface area contributed by atoms with Crippen LogP contribution >= 0.6 is 11.5 Å². The molecule has 1 fully saturated rings. The van der Waals surface area contributed by atoms with Gasteiger partial charge >= 0.3 is 0 Å². The summed E-state index contributed by atoms with van der Waals surface area (Å²) in [6.07, 6.45) is 2.23. The lowest BCUT2D eigenvalue weighted by Crippen LogP contribution is -2.41. The molecule has 1 aromatic heterocycles. The number of aryl methyl sites for hydroxylation is 2. The molecule has 0 spiro atoms. The van der Waals surface area contributed by atoms with Crippen molar-refractivity contribution in [3.05, 3.63) is 34.3 Å². The normalized spacial score (nSPS) is 15.5. The maximum Gasteiger partial charge on any atom is 0.267 e. The van der Waals surface area contributed by atoms with Gasteiger partial charge in [0.2, 0.25) is 10.0 Å². The van der Waals surface area contributed by atoms with Crippen molar-refractivity contribution in [3.63, 3.8) is 0 Å². The molecule has 1 aliphatic heterocycles. The van der Waals surface area contributed by atoms with Crippen molar-refractivity contribution in [1.82, 2.24) is 19.2 Å². The van der Waals surface area contributed by atoms with E-state index in [0.29, 0.717) is 36.0 Å². The first kappa shape index (κ1) is 21.7. The van der Waals surface area contributed by atoms with Crippen LogP contribution in [0.25, 0.3) is 0 Å². The third-order valence-corrected chi connectivity index (χ3v) is 7.50. The van der Waals surface area contributed by atoms with Crippen molar-refractivity contribution < 1.29 is 17.9 Å². The molecule has 1 N–H and O–H groups in total. The number of nitrogens with one attached hydrogen (secondary N) is 1. The molecular formula is C19H26N4O4S2. The molecule has 1 amide bonds. The van der Waals surface area contributed by atoms with Crippen LogP contribution in [0, 0.1) is 12.8 Å². The molecule has 8 nitrogen and oxygen atoms in total. The summed E-state index contributed by atoms with van der Waals surface area (Å²) in [7, 11) is -2.21. The molecular weight excluding hydrogens is 412 g/mol. The van der Waals surface area contributed by atoms with E-state index in [9.17, 15) is 13.2 Å². The minimum absolute atomic E-state index is 0.0438. The lowest BCUT2D eigenvalue weighted by atomic mass is 9.97. The van der Waals surface area contributed by atoms with Gasteiger partial charge in [0, 0.05) is 19.6 Å². The number of piperidine rings is 1. The predicted octanol–water partition coefficient (Wildman–Crippen LogP) is 2.25. The van der Waals surface area contributed by atoms with Gasteiger partial charge in [0.05, 0.1) is 12.8 Å². The van der Waals surface area contributed by atoms with Crippen molar-refractivity contribution in [2.75, 3.05) is 26.7 Å². The van der Waals surface area contributed by atoms with Crippen LogP contribution in [0.4, 0.5) is 0 Å². The SMILES string of the molecule is CCc1ccc(OC)c(S(=O)(=O)NCC2CCN(C(=O)c3snnc3C)CC2)c1. The number of carbonyl (C=O) groups is 1. The van der Waals surface area contributed by atoms with Crippen molar-refractivity contribution in [1.29, 1.82) is 0 Å². The number of hydrogen-bond acceptors (Lipinski definition) is 7. The third kappa shape index (κ3) is 4.93. The number of nitrogens with zero attached hydrogens (tertiary/aromatic N) is 3. The highest BCUT2D eigenvalue weighted by atomic mass is 32.2. The predicted molar refractivity (Wildman–Crippen MR) is 111 cm³/mol. The van der Waals surface area contributed by atoms with Gasteiger partial charge in [0.1, 0.15) is 15.5 Å². The maximum atomic E-state index is 12.8. The van der Waals surface area contributed by atoms with E-state index >= 15 is 0 Å². The lowest BCUT2D eigenvalue weighted by molar-refractivity contribution is 0.0696.